The zero-order valence-electron chi connectivity index (χ0n) is 13.6. The number of nitrogens with zero attached hydrogens (tertiary/aromatic N) is 3. The van der Waals surface area contributed by atoms with E-state index >= 15 is 0 Å². The maximum atomic E-state index is 6.40. The predicted molar refractivity (Wildman–Crippen MR) is 104 cm³/mol. The highest BCUT2D eigenvalue weighted by molar-refractivity contribution is 7.07. The van der Waals surface area contributed by atoms with Gasteiger partial charge in [0.15, 0.2) is 0 Å². The van der Waals surface area contributed by atoms with Crippen LogP contribution in [-0.2, 0) is 0 Å². The van der Waals surface area contributed by atoms with Crippen molar-refractivity contribution in [3.05, 3.63) is 50.6 Å². The molecule has 1 aromatic carbocycles. The lowest BCUT2D eigenvalue weighted by Gasteiger charge is -2.07. The number of aromatic nitrogens is 1. The summed E-state index contributed by atoms with van der Waals surface area (Å²) in [5.41, 5.74) is 4.03. The van der Waals surface area contributed by atoms with Crippen molar-refractivity contribution in [3.63, 3.8) is 0 Å². The van der Waals surface area contributed by atoms with Crippen LogP contribution in [0, 0.1) is 0 Å². The van der Waals surface area contributed by atoms with E-state index in [1.54, 1.807) is 17.4 Å². The van der Waals surface area contributed by atoms with E-state index in [0.29, 0.717) is 16.6 Å². The van der Waals surface area contributed by atoms with Crippen LogP contribution in [0.25, 0.3) is 11.3 Å². The number of rotatable bonds is 4. The van der Waals surface area contributed by atoms with Gasteiger partial charge in [-0.25, -0.2) is 4.68 Å². The minimum Gasteiger partial charge on any atom is -0.253 e. The molecule has 6 heteroatoms. The van der Waals surface area contributed by atoms with Crippen LogP contribution < -0.4 is 4.80 Å². The maximum Gasteiger partial charge on any atom is 0.206 e. The van der Waals surface area contributed by atoms with Gasteiger partial charge in [-0.1, -0.05) is 35.4 Å². The fraction of sp³-hybridized carbons (Fsp3) is 0.333. The first-order chi connectivity index (χ1) is 11.5. The van der Waals surface area contributed by atoms with Crippen molar-refractivity contribution in [2.45, 2.75) is 32.6 Å². The molecular formula is C18H19Cl2N3S. The molecule has 1 fully saturated rings. The number of hydrogen-bond donors (Lipinski definition) is 0. The molecule has 0 radical (unpaired) electrons. The molecule has 3 nitrogen and oxygen atoms in total. The Morgan fingerprint density at radius 3 is 2.75 bits per heavy atom. The molecule has 0 N–H and O–H groups in total. The Kier molecular flexibility index (Phi) is 5.59. The van der Waals surface area contributed by atoms with Gasteiger partial charge in [0.1, 0.15) is 0 Å². The topological polar surface area (TPSA) is 29.6 Å². The third-order valence-corrected chi connectivity index (χ3v) is 5.21. The van der Waals surface area contributed by atoms with Gasteiger partial charge >= 0.3 is 0 Å². The second-order valence-corrected chi connectivity index (χ2v) is 7.67. The Morgan fingerprint density at radius 1 is 1.29 bits per heavy atom. The molecule has 126 valence electrons. The van der Waals surface area contributed by atoms with Crippen LogP contribution in [0.1, 0.15) is 32.6 Å². The predicted octanol–water partition coefficient (Wildman–Crippen LogP) is 5.78. The highest BCUT2D eigenvalue weighted by Crippen LogP contribution is 2.31. The van der Waals surface area contributed by atoms with Crippen LogP contribution >= 0.6 is 34.5 Å². The molecule has 24 heavy (non-hydrogen) atoms. The lowest BCUT2D eigenvalue weighted by molar-refractivity contribution is 0.824. The van der Waals surface area contributed by atoms with Gasteiger partial charge in [-0.05, 0) is 50.8 Å². The molecule has 0 atom stereocenters. The minimum absolute atomic E-state index is 0.591. The van der Waals surface area contributed by atoms with Crippen LogP contribution in [0.15, 0.2) is 45.8 Å². The molecule has 1 aliphatic rings. The van der Waals surface area contributed by atoms with E-state index in [2.05, 4.69) is 11.6 Å². The highest BCUT2D eigenvalue weighted by atomic mass is 35.5. The quantitative estimate of drug-likeness (QED) is 0.602. The Labute approximate surface area is 156 Å². The van der Waals surface area contributed by atoms with Gasteiger partial charge in [-0.3, -0.25) is 4.99 Å². The van der Waals surface area contributed by atoms with E-state index in [9.17, 15) is 0 Å². The molecule has 1 saturated carbocycles. The Morgan fingerprint density at radius 2 is 2.04 bits per heavy atom. The van der Waals surface area contributed by atoms with Crippen LogP contribution in [0.2, 0.25) is 10.0 Å². The summed E-state index contributed by atoms with van der Waals surface area (Å²) in [6, 6.07) is 5.48. The lowest BCUT2D eigenvalue weighted by atomic mass is 10.2. The summed E-state index contributed by atoms with van der Waals surface area (Å²) in [6.45, 7) is 6.48. The van der Waals surface area contributed by atoms with Crippen molar-refractivity contribution in [1.82, 2.24) is 4.68 Å². The summed E-state index contributed by atoms with van der Waals surface area (Å²) in [7, 11) is 0. The van der Waals surface area contributed by atoms with Crippen LogP contribution in [0.3, 0.4) is 0 Å². The summed E-state index contributed by atoms with van der Waals surface area (Å²) >= 11 is 14.1. The van der Waals surface area contributed by atoms with Crippen molar-refractivity contribution < 1.29 is 0 Å². The molecule has 0 unspecified atom stereocenters. The molecule has 0 saturated heterocycles. The third kappa shape index (κ3) is 4.00. The zero-order valence-corrected chi connectivity index (χ0v) is 15.9. The SMILES string of the molecule is C=C(C)CN=c1scc(-c2cc(Cl)ccc2Cl)n1N=C1CCCC1. The number of hydrogen-bond acceptors (Lipinski definition) is 3. The fourth-order valence-electron chi connectivity index (χ4n) is 2.61. The van der Waals surface area contributed by atoms with E-state index < -0.39 is 0 Å². The summed E-state index contributed by atoms with van der Waals surface area (Å²) in [5.74, 6) is 0. The molecule has 0 aliphatic heterocycles. The molecule has 2 aromatic rings. The highest BCUT2D eigenvalue weighted by Gasteiger charge is 2.14. The summed E-state index contributed by atoms with van der Waals surface area (Å²) in [6.07, 6.45) is 4.50. The zero-order chi connectivity index (χ0) is 17.1. The van der Waals surface area contributed by atoms with Gasteiger partial charge in [0, 0.05) is 21.7 Å². The van der Waals surface area contributed by atoms with Crippen molar-refractivity contribution in [2.24, 2.45) is 10.1 Å². The van der Waals surface area contributed by atoms with E-state index in [1.807, 2.05) is 29.1 Å². The second kappa shape index (κ2) is 7.68. The molecular weight excluding hydrogens is 361 g/mol. The summed E-state index contributed by atoms with van der Waals surface area (Å²) < 4.78 is 1.91. The first-order valence-electron chi connectivity index (χ1n) is 7.92. The number of halogens is 2. The van der Waals surface area contributed by atoms with Gasteiger partial charge in [-0.15, -0.1) is 11.3 Å². The number of benzene rings is 1. The van der Waals surface area contributed by atoms with Crippen molar-refractivity contribution >= 4 is 40.3 Å². The molecule has 0 amide bonds. The van der Waals surface area contributed by atoms with Gasteiger partial charge in [0.25, 0.3) is 0 Å². The van der Waals surface area contributed by atoms with E-state index in [4.69, 9.17) is 28.3 Å². The lowest BCUT2D eigenvalue weighted by Crippen LogP contribution is -2.14. The van der Waals surface area contributed by atoms with Crippen molar-refractivity contribution in [2.75, 3.05) is 6.54 Å². The van der Waals surface area contributed by atoms with Gasteiger partial charge in [0.2, 0.25) is 4.80 Å². The second-order valence-electron chi connectivity index (χ2n) is 5.99. The third-order valence-electron chi connectivity index (χ3n) is 3.80. The van der Waals surface area contributed by atoms with Gasteiger partial charge < -0.3 is 0 Å². The first-order valence-corrected chi connectivity index (χ1v) is 9.55. The Bertz CT molecular complexity index is 853. The van der Waals surface area contributed by atoms with Crippen molar-refractivity contribution in [3.8, 4) is 11.3 Å². The average molecular weight is 380 g/mol. The van der Waals surface area contributed by atoms with Crippen molar-refractivity contribution in [1.29, 1.82) is 0 Å². The van der Waals surface area contributed by atoms with E-state index in [-0.39, 0.29) is 0 Å². The van der Waals surface area contributed by atoms with Crippen LogP contribution in [0.4, 0.5) is 0 Å². The molecule has 1 heterocycles. The maximum absolute atomic E-state index is 6.40. The fourth-order valence-corrected chi connectivity index (χ4v) is 3.82. The summed E-state index contributed by atoms with van der Waals surface area (Å²) in [4.78, 5) is 5.50. The van der Waals surface area contributed by atoms with E-state index in [1.165, 1.54) is 18.6 Å². The molecule has 0 spiro atoms. The van der Waals surface area contributed by atoms with Crippen LogP contribution in [0.5, 0.6) is 0 Å². The molecule has 3 rings (SSSR count). The standard InChI is InChI=1S/C18H19Cl2N3S/c1-12(2)10-21-18-23(22-14-5-3-4-6-14)17(11-24-18)15-9-13(19)7-8-16(15)20/h7-9,11H,1,3-6,10H2,2H3. The Hall–Kier alpha value is -1.36. The minimum atomic E-state index is 0.591. The largest absolute Gasteiger partial charge is 0.253 e. The molecule has 1 aliphatic carbocycles. The molecule has 1 aromatic heterocycles. The molecule has 0 bridgehead atoms. The normalized spacial score (nSPS) is 15.1. The van der Waals surface area contributed by atoms with Crippen LogP contribution in [-0.4, -0.2) is 16.9 Å². The average Bonchev–Trinajstić information content (AvgIpc) is 3.18. The smallest absolute Gasteiger partial charge is 0.206 e. The van der Waals surface area contributed by atoms with Gasteiger partial charge in [-0.2, -0.15) is 5.10 Å². The van der Waals surface area contributed by atoms with E-state index in [0.717, 1.165) is 34.5 Å². The number of thiazole rings is 1. The Balaban J connectivity index is 2.15. The van der Waals surface area contributed by atoms with Gasteiger partial charge in [0.05, 0.1) is 17.3 Å². The monoisotopic (exact) mass is 379 g/mol. The summed E-state index contributed by atoms with van der Waals surface area (Å²) in [5, 5.41) is 8.21. The first kappa shape index (κ1) is 17.5.